The minimum atomic E-state index is 0.00662. The number of nitrogens with zero attached hydrogens (tertiary/aromatic N) is 5. The molecule has 0 radical (unpaired) electrons. The molecule has 1 N–H and O–H groups in total. The number of hydrogen-bond donors (Lipinski definition) is 1. The van der Waals surface area contributed by atoms with E-state index in [9.17, 15) is 4.79 Å². The summed E-state index contributed by atoms with van der Waals surface area (Å²) in [6.07, 6.45) is 3.13. The second-order valence-electron chi connectivity index (χ2n) is 6.19. The third-order valence-electron chi connectivity index (χ3n) is 4.53. The smallest absolute Gasteiger partial charge is 0.220 e. The summed E-state index contributed by atoms with van der Waals surface area (Å²) in [5, 5.41) is 15.9. The number of hydrogen-bond acceptors (Lipinski definition) is 6. The van der Waals surface area contributed by atoms with Crippen molar-refractivity contribution in [2.45, 2.75) is 45.6 Å². The number of ether oxygens (including phenoxy) is 1. The fraction of sp³-hybridized carbons (Fsp3) is 0.647. The number of amides is 1. The molecule has 0 spiro atoms. The molecule has 1 fully saturated rings. The van der Waals surface area contributed by atoms with E-state index in [-0.39, 0.29) is 12.0 Å². The van der Waals surface area contributed by atoms with E-state index in [0.29, 0.717) is 30.9 Å². The first-order valence-electron chi connectivity index (χ1n) is 9.05. The van der Waals surface area contributed by atoms with Crippen molar-refractivity contribution in [1.82, 2.24) is 25.1 Å². The van der Waals surface area contributed by atoms with Gasteiger partial charge in [-0.25, -0.2) is 0 Å². The molecule has 0 bridgehead atoms. The molecule has 0 aromatic carbocycles. The number of carbonyl (C=O) groups excluding carboxylic acids is 1. The molecule has 0 unspecified atom stereocenters. The first-order chi connectivity index (χ1) is 12.2. The molecule has 8 heteroatoms. The topological polar surface area (TPSA) is 84.7 Å². The molecule has 136 valence electrons. The van der Waals surface area contributed by atoms with Crippen LogP contribution in [0.1, 0.15) is 38.9 Å². The highest BCUT2D eigenvalue weighted by Crippen LogP contribution is 2.13. The van der Waals surface area contributed by atoms with E-state index in [1.807, 2.05) is 12.1 Å². The van der Waals surface area contributed by atoms with Gasteiger partial charge < -0.3 is 15.0 Å². The maximum Gasteiger partial charge on any atom is 0.220 e. The van der Waals surface area contributed by atoms with E-state index in [1.54, 1.807) is 4.52 Å². The van der Waals surface area contributed by atoms with Crippen molar-refractivity contribution in [1.29, 1.82) is 0 Å². The Labute approximate surface area is 147 Å². The van der Waals surface area contributed by atoms with E-state index >= 15 is 0 Å². The number of rotatable bonds is 8. The van der Waals surface area contributed by atoms with Gasteiger partial charge in [0.1, 0.15) is 5.82 Å². The van der Waals surface area contributed by atoms with E-state index < -0.39 is 0 Å². The number of nitrogens with one attached hydrogen (secondary N) is 1. The molecule has 2 aromatic rings. The van der Waals surface area contributed by atoms with Gasteiger partial charge >= 0.3 is 0 Å². The molecule has 0 saturated carbocycles. The Morgan fingerprint density at radius 3 is 2.92 bits per heavy atom. The summed E-state index contributed by atoms with van der Waals surface area (Å²) in [5.74, 6) is 1.60. The molecule has 8 nitrogen and oxygen atoms in total. The van der Waals surface area contributed by atoms with Crippen LogP contribution < -0.4 is 10.2 Å². The number of fused-ring (bicyclic) bond motifs is 1. The number of carbonyl (C=O) groups is 1. The van der Waals surface area contributed by atoms with Crippen LogP contribution in [0.25, 0.3) is 5.65 Å². The molecule has 1 atom stereocenters. The Balaban J connectivity index is 1.60. The first-order valence-corrected chi connectivity index (χ1v) is 9.05. The standard InChI is InChI=1S/C17H26N6O2/c1-3-22(4-2)16-8-7-14-19-20-15(23(14)21-16)9-10-17(24)18-12-13-6-5-11-25-13/h7-8,13H,3-6,9-12H2,1-2H3,(H,18,24)/t13-/m0/s1. The SMILES string of the molecule is CCN(CC)c1ccc2nnc(CCC(=O)NC[C@@H]3CCCO3)n2n1. The van der Waals surface area contributed by atoms with Crippen LogP contribution in [-0.4, -0.2) is 58.1 Å². The van der Waals surface area contributed by atoms with Gasteiger partial charge in [0.25, 0.3) is 0 Å². The van der Waals surface area contributed by atoms with Crippen LogP contribution >= 0.6 is 0 Å². The summed E-state index contributed by atoms with van der Waals surface area (Å²) in [7, 11) is 0. The molecule has 1 aliphatic rings. The minimum Gasteiger partial charge on any atom is -0.376 e. The number of anilines is 1. The third kappa shape index (κ3) is 4.25. The first kappa shape index (κ1) is 17.6. The molecule has 3 heterocycles. The van der Waals surface area contributed by atoms with Gasteiger partial charge in [0.2, 0.25) is 5.91 Å². The van der Waals surface area contributed by atoms with E-state index in [4.69, 9.17) is 4.74 Å². The van der Waals surface area contributed by atoms with Crippen LogP contribution in [0.15, 0.2) is 12.1 Å². The Morgan fingerprint density at radius 2 is 2.20 bits per heavy atom. The van der Waals surface area contributed by atoms with E-state index in [2.05, 4.69) is 39.4 Å². The lowest BCUT2D eigenvalue weighted by Crippen LogP contribution is -2.32. The highest BCUT2D eigenvalue weighted by molar-refractivity contribution is 5.76. The molecule has 0 aliphatic carbocycles. The fourth-order valence-corrected chi connectivity index (χ4v) is 3.04. The summed E-state index contributed by atoms with van der Waals surface area (Å²) in [4.78, 5) is 14.2. The molecule has 1 saturated heterocycles. The average Bonchev–Trinajstić information content (AvgIpc) is 3.29. The van der Waals surface area contributed by atoms with Crippen LogP contribution in [0.2, 0.25) is 0 Å². The zero-order chi connectivity index (χ0) is 17.6. The zero-order valence-corrected chi connectivity index (χ0v) is 14.9. The fourth-order valence-electron chi connectivity index (χ4n) is 3.04. The minimum absolute atomic E-state index is 0.00662. The van der Waals surface area contributed by atoms with Crippen molar-refractivity contribution in [3.63, 3.8) is 0 Å². The predicted octanol–water partition coefficient (Wildman–Crippen LogP) is 1.20. The van der Waals surface area contributed by atoms with Crippen LogP contribution in [0.3, 0.4) is 0 Å². The van der Waals surface area contributed by atoms with Gasteiger partial charge in [-0.2, -0.15) is 4.52 Å². The molecule has 1 aliphatic heterocycles. The summed E-state index contributed by atoms with van der Waals surface area (Å²) in [6, 6.07) is 3.86. The second kappa shape index (κ2) is 8.24. The normalized spacial score (nSPS) is 17.1. The largest absolute Gasteiger partial charge is 0.376 e. The van der Waals surface area contributed by atoms with Gasteiger partial charge in [-0.3, -0.25) is 4.79 Å². The van der Waals surface area contributed by atoms with Gasteiger partial charge in [-0.15, -0.1) is 15.3 Å². The predicted molar refractivity (Wildman–Crippen MR) is 94.6 cm³/mol. The lowest BCUT2D eigenvalue weighted by Gasteiger charge is -2.19. The average molecular weight is 346 g/mol. The van der Waals surface area contributed by atoms with Gasteiger partial charge in [0, 0.05) is 39.1 Å². The Hall–Kier alpha value is -2.22. The number of aryl methyl sites for hydroxylation is 1. The number of aromatic nitrogens is 4. The van der Waals surface area contributed by atoms with Crippen LogP contribution in [-0.2, 0) is 16.0 Å². The zero-order valence-electron chi connectivity index (χ0n) is 14.9. The second-order valence-corrected chi connectivity index (χ2v) is 6.19. The highest BCUT2D eigenvalue weighted by atomic mass is 16.5. The van der Waals surface area contributed by atoms with Crippen LogP contribution in [0, 0.1) is 0 Å². The highest BCUT2D eigenvalue weighted by Gasteiger charge is 2.17. The lowest BCUT2D eigenvalue weighted by molar-refractivity contribution is -0.121. The van der Waals surface area contributed by atoms with Gasteiger partial charge in [-0.05, 0) is 38.8 Å². The summed E-state index contributed by atoms with van der Waals surface area (Å²) in [6.45, 7) is 7.36. The summed E-state index contributed by atoms with van der Waals surface area (Å²) >= 11 is 0. The van der Waals surface area contributed by atoms with Crippen molar-refractivity contribution in [2.75, 3.05) is 31.1 Å². The molecular weight excluding hydrogens is 320 g/mol. The quantitative estimate of drug-likeness (QED) is 0.773. The summed E-state index contributed by atoms with van der Waals surface area (Å²) in [5.41, 5.74) is 0.700. The maximum absolute atomic E-state index is 12.0. The monoisotopic (exact) mass is 346 g/mol. The molecule has 25 heavy (non-hydrogen) atoms. The van der Waals surface area contributed by atoms with Crippen molar-refractivity contribution in [3.8, 4) is 0 Å². The molecule has 1 amide bonds. The van der Waals surface area contributed by atoms with E-state index in [1.165, 1.54) is 0 Å². The van der Waals surface area contributed by atoms with Crippen molar-refractivity contribution >= 4 is 17.4 Å². The Kier molecular flexibility index (Phi) is 5.80. The molecule has 3 rings (SSSR count). The van der Waals surface area contributed by atoms with Crippen LogP contribution in [0.5, 0.6) is 0 Å². The maximum atomic E-state index is 12.0. The van der Waals surface area contributed by atoms with Crippen molar-refractivity contribution in [2.24, 2.45) is 0 Å². The Bertz CT molecular complexity index is 706. The van der Waals surface area contributed by atoms with Gasteiger partial charge in [0.15, 0.2) is 11.5 Å². The van der Waals surface area contributed by atoms with Crippen molar-refractivity contribution in [3.05, 3.63) is 18.0 Å². The van der Waals surface area contributed by atoms with Gasteiger partial charge in [-0.1, -0.05) is 0 Å². The van der Waals surface area contributed by atoms with E-state index in [0.717, 1.165) is 38.4 Å². The third-order valence-corrected chi connectivity index (χ3v) is 4.53. The van der Waals surface area contributed by atoms with Crippen LogP contribution in [0.4, 0.5) is 5.82 Å². The summed E-state index contributed by atoms with van der Waals surface area (Å²) < 4.78 is 7.25. The molecular formula is C17H26N6O2. The molecule has 2 aromatic heterocycles. The lowest BCUT2D eigenvalue weighted by atomic mass is 10.2. The Morgan fingerprint density at radius 1 is 1.36 bits per heavy atom. The van der Waals surface area contributed by atoms with Gasteiger partial charge in [0.05, 0.1) is 6.10 Å². The van der Waals surface area contributed by atoms with Crippen molar-refractivity contribution < 1.29 is 9.53 Å².